The molecule has 0 aliphatic carbocycles. The standard InChI is InChI=1S/C30H20N2O5S/c1-16-10-13-22-23(14-16)38-30(31-22)32-28(35)26(34)24(27-20-8-4-5-9-21(20)29(36)37-27)25(33)19-12-11-17-6-2-3-7-18(17)15-19/h2-15,24,27H,1H3,(H,31,32,35)/t24-,27-/m1/s1. The average Bonchev–Trinajstić information content (AvgIpc) is 3.48. The number of anilines is 1. The summed E-state index contributed by atoms with van der Waals surface area (Å²) in [5, 5.41) is 4.52. The highest BCUT2D eigenvalue weighted by Crippen LogP contribution is 2.38. The van der Waals surface area contributed by atoms with Gasteiger partial charge in [-0.3, -0.25) is 19.7 Å². The molecule has 1 aliphatic heterocycles. The van der Waals surface area contributed by atoms with E-state index in [0.717, 1.165) is 21.0 Å². The van der Waals surface area contributed by atoms with Crippen LogP contribution in [0.2, 0.25) is 0 Å². The maximum absolute atomic E-state index is 13.9. The third-order valence-electron chi connectivity index (χ3n) is 6.61. The van der Waals surface area contributed by atoms with E-state index in [2.05, 4.69) is 10.3 Å². The number of nitrogens with one attached hydrogen (secondary N) is 1. The van der Waals surface area contributed by atoms with Crippen LogP contribution in [-0.4, -0.2) is 28.4 Å². The first-order chi connectivity index (χ1) is 18.4. The molecular formula is C30H20N2O5S. The summed E-state index contributed by atoms with van der Waals surface area (Å²) in [4.78, 5) is 57.7. The van der Waals surface area contributed by atoms with Crippen molar-refractivity contribution in [3.05, 3.63) is 107 Å². The summed E-state index contributed by atoms with van der Waals surface area (Å²) in [6.07, 6.45) is -1.23. The number of thiazole rings is 1. The zero-order valence-electron chi connectivity index (χ0n) is 20.1. The van der Waals surface area contributed by atoms with Crippen LogP contribution in [0.3, 0.4) is 0 Å². The van der Waals surface area contributed by atoms with Crippen molar-refractivity contribution in [1.82, 2.24) is 4.98 Å². The highest BCUT2D eigenvalue weighted by molar-refractivity contribution is 7.22. The molecule has 1 aromatic heterocycles. The summed E-state index contributed by atoms with van der Waals surface area (Å²) in [7, 11) is 0. The van der Waals surface area contributed by atoms with Gasteiger partial charge in [0.25, 0.3) is 5.91 Å². The lowest BCUT2D eigenvalue weighted by Crippen LogP contribution is -2.38. The maximum atomic E-state index is 13.9. The van der Waals surface area contributed by atoms with Crippen molar-refractivity contribution in [2.75, 3.05) is 5.32 Å². The fourth-order valence-corrected chi connectivity index (χ4v) is 5.68. The fraction of sp³-hybridized carbons (Fsp3) is 0.100. The first-order valence-corrected chi connectivity index (χ1v) is 12.8. The Hall–Kier alpha value is -4.69. The van der Waals surface area contributed by atoms with Gasteiger partial charge in [0.05, 0.1) is 15.8 Å². The molecule has 1 aliphatic rings. The molecule has 6 rings (SSSR count). The Balaban J connectivity index is 1.37. The number of hydrogen-bond donors (Lipinski definition) is 1. The second kappa shape index (κ2) is 9.32. The molecule has 186 valence electrons. The van der Waals surface area contributed by atoms with Crippen LogP contribution >= 0.6 is 11.3 Å². The van der Waals surface area contributed by atoms with Gasteiger partial charge < -0.3 is 4.74 Å². The molecule has 0 unspecified atom stereocenters. The minimum absolute atomic E-state index is 0.240. The van der Waals surface area contributed by atoms with E-state index < -0.39 is 35.5 Å². The van der Waals surface area contributed by atoms with Crippen molar-refractivity contribution in [3.8, 4) is 0 Å². The predicted octanol–water partition coefficient (Wildman–Crippen LogP) is 5.68. The van der Waals surface area contributed by atoms with Gasteiger partial charge in [-0.2, -0.15) is 0 Å². The van der Waals surface area contributed by atoms with Crippen molar-refractivity contribution < 1.29 is 23.9 Å². The van der Waals surface area contributed by atoms with E-state index in [4.69, 9.17) is 4.74 Å². The third-order valence-corrected chi connectivity index (χ3v) is 7.54. The van der Waals surface area contributed by atoms with Crippen LogP contribution in [0.5, 0.6) is 0 Å². The zero-order chi connectivity index (χ0) is 26.4. The molecule has 7 nitrogen and oxygen atoms in total. The number of amides is 1. The van der Waals surface area contributed by atoms with Crippen LogP contribution in [0.15, 0.2) is 84.9 Å². The largest absolute Gasteiger partial charge is 0.453 e. The van der Waals surface area contributed by atoms with Gasteiger partial charge >= 0.3 is 5.97 Å². The van der Waals surface area contributed by atoms with Gasteiger partial charge in [0.2, 0.25) is 5.78 Å². The molecule has 0 bridgehead atoms. The number of ether oxygens (including phenoxy) is 1. The van der Waals surface area contributed by atoms with Crippen molar-refractivity contribution in [2.24, 2.45) is 5.92 Å². The lowest BCUT2D eigenvalue weighted by Gasteiger charge is -2.21. The van der Waals surface area contributed by atoms with Crippen LogP contribution in [0.4, 0.5) is 5.13 Å². The topological polar surface area (TPSA) is 102 Å². The van der Waals surface area contributed by atoms with Crippen molar-refractivity contribution in [2.45, 2.75) is 13.0 Å². The van der Waals surface area contributed by atoms with E-state index in [9.17, 15) is 19.2 Å². The number of carbonyl (C=O) groups is 4. The van der Waals surface area contributed by atoms with E-state index in [1.807, 2.05) is 49.4 Å². The second-order valence-electron chi connectivity index (χ2n) is 9.13. The Morgan fingerprint density at radius 3 is 2.53 bits per heavy atom. The van der Waals surface area contributed by atoms with Crippen LogP contribution in [0.25, 0.3) is 21.0 Å². The Bertz CT molecular complexity index is 1790. The van der Waals surface area contributed by atoms with Crippen LogP contribution < -0.4 is 5.32 Å². The summed E-state index contributed by atoms with van der Waals surface area (Å²) in [5.41, 5.74) is 2.63. The van der Waals surface area contributed by atoms with Crippen molar-refractivity contribution in [1.29, 1.82) is 0 Å². The van der Waals surface area contributed by atoms with Gasteiger partial charge in [-0.05, 0) is 47.5 Å². The van der Waals surface area contributed by atoms with Crippen LogP contribution in [0, 0.1) is 12.8 Å². The second-order valence-corrected chi connectivity index (χ2v) is 10.2. The molecule has 0 saturated carbocycles. The number of hydrogen-bond acceptors (Lipinski definition) is 7. The number of ketones is 2. The summed E-state index contributed by atoms with van der Waals surface area (Å²) >= 11 is 1.23. The van der Waals surface area contributed by atoms with Gasteiger partial charge in [-0.25, -0.2) is 9.78 Å². The van der Waals surface area contributed by atoms with Gasteiger partial charge in [0.1, 0.15) is 12.0 Å². The molecule has 2 atom stereocenters. The quantitative estimate of drug-likeness (QED) is 0.134. The molecule has 38 heavy (non-hydrogen) atoms. The van der Waals surface area contributed by atoms with E-state index in [0.29, 0.717) is 11.1 Å². The Labute approximate surface area is 221 Å². The molecule has 4 aromatic carbocycles. The van der Waals surface area contributed by atoms with Crippen molar-refractivity contribution >= 4 is 60.9 Å². The molecule has 5 aromatic rings. The summed E-state index contributed by atoms with van der Waals surface area (Å²) < 4.78 is 6.39. The Kier molecular flexibility index (Phi) is 5.81. The number of aryl methyl sites for hydroxylation is 1. The molecular weight excluding hydrogens is 500 g/mol. The fourth-order valence-electron chi connectivity index (χ4n) is 4.72. The zero-order valence-corrected chi connectivity index (χ0v) is 21.0. The molecule has 0 radical (unpaired) electrons. The molecule has 1 N–H and O–H groups in total. The highest BCUT2D eigenvalue weighted by Gasteiger charge is 2.46. The van der Waals surface area contributed by atoms with Gasteiger partial charge in [-0.15, -0.1) is 0 Å². The summed E-state index contributed by atoms with van der Waals surface area (Å²) in [6, 6.07) is 24.8. The lowest BCUT2D eigenvalue weighted by molar-refractivity contribution is -0.138. The first kappa shape index (κ1) is 23.7. The van der Waals surface area contributed by atoms with Gasteiger partial charge in [0, 0.05) is 11.1 Å². The minimum Gasteiger partial charge on any atom is -0.453 e. The first-order valence-electron chi connectivity index (χ1n) is 11.9. The van der Waals surface area contributed by atoms with E-state index in [-0.39, 0.29) is 16.3 Å². The minimum atomic E-state index is -1.57. The number of carbonyl (C=O) groups excluding carboxylic acids is 4. The van der Waals surface area contributed by atoms with Crippen LogP contribution in [0.1, 0.15) is 37.9 Å². The lowest BCUT2D eigenvalue weighted by atomic mass is 9.84. The number of esters is 1. The van der Waals surface area contributed by atoms with E-state index in [1.165, 1.54) is 11.3 Å². The molecule has 0 saturated heterocycles. The summed E-state index contributed by atoms with van der Waals surface area (Å²) in [6.45, 7) is 1.95. The van der Waals surface area contributed by atoms with Gasteiger partial charge in [0.15, 0.2) is 10.9 Å². The molecule has 0 spiro atoms. The van der Waals surface area contributed by atoms with Gasteiger partial charge in [-0.1, -0.05) is 72.0 Å². The summed E-state index contributed by atoms with van der Waals surface area (Å²) in [5.74, 6) is -4.82. The molecule has 0 fully saturated rings. The highest BCUT2D eigenvalue weighted by atomic mass is 32.1. The smallest absolute Gasteiger partial charge is 0.339 e. The van der Waals surface area contributed by atoms with E-state index >= 15 is 0 Å². The number of rotatable bonds is 6. The maximum Gasteiger partial charge on any atom is 0.339 e. The number of cyclic esters (lactones) is 1. The number of benzene rings is 4. The average molecular weight is 521 g/mol. The SMILES string of the molecule is Cc1ccc2nc(NC(=O)C(=O)[C@@H](C(=O)c3ccc4ccccc4c3)[C@@H]3OC(=O)c4ccccc43)sc2c1. The Morgan fingerprint density at radius 1 is 0.921 bits per heavy atom. The monoisotopic (exact) mass is 520 g/mol. The number of fused-ring (bicyclic) bond motifs is 3. The number of Topliss-reactive ketones (excluding diaryl/α,β-unsaturated/α-hetero) is 2. The molecule has 1 amide bonds. The van der Waals surface area contributed by atoms with E-state index in [1.54, 1.807) is 42.5 Å². The van der Waals surface area contributed by atoms with Crippen LogP contribution in [-0.2, 0) is 14.3 Å². The van der Waals surface area contributed by atoms with Crippen molar-refractivity contribution in [3.63, 3.8) is 0 Å². The molecule has 2 heterocycles. The number of nitrogens with zero attached hydrogens (tertiary/aromatic N) is 1. The molecule has 8 heteroatoms. The number of aromatic nitrogens is 1. The predicted molar refractivity (Wildman–Crippen MR) is 144 cm³/mol. The third kappa shape index (κ3) is 4.14. The Morgan fingerprint density at radius 2 is 1.68 bits per heavy atom. The normalized spacial score (nSPS) is 15.2.